The number of halogens is 1. The van der Waals surface area contributed by atoms with Crippen molar-refractivity contribution in [3.63, 3.8) is 0 Å². The summed E-state index contributed by atoms with van der Waals surface area (Å²) >= 11 is 1.16. The quantitative estimate of drug-likeness (QED) is 0.409. The molecule has 0 saturated carbocycles. The van der Waals surface area contributed by atoms with Gasteiger partial charge in [-0.25, -0.2) is 4.39 Å². The molecule has 0 radical (unpaired) electrons. The highest BCUT2D eigenvalue weighted by Crippen LogP contribution is 2.17. The largest absolute Gasteiger partial charge is 0.291 e. The van der Waals surface area contributed by atoms with Gasteiger partial charge < -0.3 is 0 Å². The zero-order chi connectivity index (χ0) is 18.3. The molecule has 4 rings (SSSR count). The van der Waals surface area contributed by atoms with Crippen molar-refractivity contribution < 1.29 is 9.31 Å². The smallest absolute Gasteiger partial charge is 0.266 e. The van der Waals surface area contributed by atoms with E-state index in [0.29, 0.717) is 26.4 Å². The maximum absolute atomic E-state index is 13.0. The molecule has 7 nitrogen and oxygen atoms in total. The lowest BCUT2D eigenvalue weighted by Crippen LogP contribution is -2.23. The number of nitro benzene ring substituents is 1. The second-order valence-corrected chi connectivity index (χ2v) is 6.41. The molecule has 0 saturated heterocycles. The Balaban J connectivity index is 1.74. The van der Waals surface area contributed by atoms with E-state index in [0.717, 1.165) is 11.3 Å². The molecule has 2 heterocycles. The van der Waals surface area contributed by atoms with Gasteiger partial charge in [0.25, 0.3) is 11.2 Å². The minimum absolute atomic E-state index is 0.0175. The van der Waals surface area contributed by atoms with Crippen molar-refractivity contribution in [2.75, 3.05) is 0 Å². The normalized spacial score (nSPS) is 12.0. The van der Waals surface area contributed by atoms with Gasteiger partial charge in [-0.1, -0.05) is 11.3 Å². The molecular weight excluding hydrogens is 359 g/mol. The number of aromatic nitrogens is 3. The second-order valence-electron chi connectivity index (χ2n) is 5.40. The van der Waals surface area contributed by atoms with Crippen molar-refractivity contribution in [2.45, 2.75) is 0 Å². The topological polar surface area (TPSA) is 90.4 Å². The third kappa shape index (κ3) is 2.84. The maximum atomic E-state index is 13.0. The van der Waals surface area contributed by atoms with E-state index in [4.69, 9.17) is 0 Å². The summed E-state index contributed by atoms with van der Waals surface area (Å²) in [4.78, 5) is 27.4. The first-order chi connectivity index (χ1) is 12.5. The summed E-state index contributed by atoms with van der Waals surface area (Å²) < 4.78 is 14.6. The van der Waals surface area contributed by atoms with Crippen molar-refractivity contribution >= 4 is 28.1 Å². The van der Waals surface area contributed by atoms with Gasteiger partial charge in [0.05, 0.1) is 9.46 Å². The number of nitrogens with zero attached hydrogens (tertiary/aromatic N) is 4. The van der Waals surface area contributed by atoms with E-state index in [2.05, 4.69) is 10.1 Å². The summed E-state index contributed by atoms with van der Waals surface area (Å²) in [6.07, 6.45) is 1.63. The fourth-order valence-electron chi connectivity index (χ4n) is 2.40. The predicted molar refractivity (Wildman–Crippen MR) is 94.4 cm³/mol. The number of hydrogen-bond acceptors (Lipinski definition) is 6. The Morgan fingerprint density at radius 2 is 1.81 bits per heavy atom. The standard InChI is InChI=1S/C17H9FN4O3S/c18-12-5-3-11(4-6-12)15-19-17-21(20-15)16(23)14(26-17)9-10-1-7-13(8-2-10)22(24)25/h1-9H/b14-9-. The van der Waals surface area contributed by atoms with Crippen LogP contribution in [0.2, 0.25) is 0 Å². The summed E-state index contributed by atoms with van der Waals surface area (Å²) in [6.45, 7) is 0. The Bertz CT molecular complexity index is 1230. The molecule has 128 valence electrons. The molecule has 26 heavy (non-hydrogen) atoms. The van der Waals surface area contributed by atoms with Gasteiger partial charge in [0, 0.05) is 17.7 Å². The molecule has 0 aliphatic carbocycles. The van der Waals surface area contributed by atoms with Gasteiger partial charge in [0.2, 0.25) is 4.96 Å². The number of nitro groups is 1. The first-order valence-electron chi connectivity index (χ1n) is 7.43. The molecule has 0 atom stereocenters. The Hall–Kier alpha value is -3.46. The van der Waals surface area contributed by atoms with Crippen LogP contribution < -0.4 is 10.1 Å². The molecule has 0 spiro atoms. The van der Waals surface area contributed by atoms with E-state index >= 15 is 0 Å². The summed E-state index contributed by atoms with van der Waals surface area (Å²) in [5.74, 6) is -0.0190. The van der Waals surface area contributed by atoms with Crippen molar-refractivity contribution in [1.29, 1.82) is 0 Å². The van der Waals surface area contributed by atoms with E-state index in [-0.39, 0.29) is 17.1 Å². The van der Waals surface area contributed by atoms with Crippen molar-refractivity contribution in [2.24, 2.45) is 0 Å². The number of thiazole rings is 1. The number of non-ortho nitro benzene ring substituents is 1. The molecule has 0 unspecified atom stereocenters. The van der Waals surface area contributed by atoms with Crippen LogP contribution in [0.5, 0.6) is 0 Å². The van der Waals surface area contributed by atoms with E-state index in [9.17, 15) is 19.3 Å². The molecule has 0 fully saturated rings. The summed E-state index contributed by atoms with van der Waals surface area (Å²) in [5, 5.41) is 14.9. The van der Waals surface area contributed by atoms with Crippen molar-refractivity contribution in [1.82, 2.24) is 14.6 Å². The van der Waals surface area contributed by atoms with Gasteiger partial charge in [-0.15, -0.1) is 5.10 Å². The van der Waals surface area contributed by atoms with Crippen LogP contribution in [0.25, 0.3) is 22.4 Å². The van der Waals surface area contributed by atoms with Gasteiger partial charge in [-0.05, 0) is 48.0 Å². The van der Waals surface area contributed by atoms with Crippen LogP contribution in [0.4, 0.5) is 10.1 Å². The van der Waals surface area contributed by atoms with E-state index in [1.165, 1.54) is 28.8 Å². The number of hydrogen-bond donors (Lipinski definition) is 0. The highest BCUT2D eigenvalue weighted by molar-refractivity contribution is 7.15. The SMILES string of the molecule is O=c1/c(=C/c2ccc([N+](=O)[O-])cc2)sc2nc(-c3ccc(F)cc3)nn12. The third-order valence-electron chi connectivity index (χ3n) is 3.69. The molecule has 0 aliphatic heterocycles. The zero-order valence-electron chi connectivity index (χ0n) is 13.0. The van der Waals surface area contributed by atoms with Crippen LogP contribution in [0.1, 0.15) is 5.56 Å². The monoisotopic (exact) mass is 368 g/mol. The van der Waals surface area contributed by atoms with Crippen LogP contribution in [0.3, 0.4) is 0 Å². The average Bonchev–Trinajstić information content (AvgIpc) is 3.16. The molecule has 0 N–H and O–H groups in total. The Morgan fingerprint density at radius 3 is 2.42 bits per heavy atom. The Kier molecular flexibility index (Phi) is 3.77. The van der Waals surface area contributed by atoms with Crippen molar-refractivity contribution in [3.05, 3.63) is 84.9 Å². The van der Waals surface area contributed by atoms with Crippen molar-refractivity contribution in [3.8, 4) is 11.4 Å². The van der Waals surface area contributed by atoms with Crippen LogP contribution >= 0.6 is 11.3 Å². The molecular formula is C17H9FN4O3S. The molecule has 2 aromatic heterocycles. The van der Waals surface area contributed by atoms with Gasteiger partial charge in [0.15, 0.2) is 5.82 Å². The minimum atomic E-state index is -0.483. The summed E-state index contributed by atoms with van der Waals surface area (Å²) in [6, 6.07) is 11.6. The van der Waals surface area contributed by atoms with Crippen LogP contribution in [-0.2, 0) is 0 Å². The number of rotatable bonds is 3. The number of benzene rings is 2. The average molecular weight is 368 g/mol. The molecule has 0 aliphatic rings. The fourth-order valence-corrected chi connectivity index (χ4v) is 3.31. The number of fused-ring (bicyclic) bond motifs is 1. The second kappa shape index (κ2) is 6.12. The highest BCUT2D eigenvalue weighted by Gasteiger charge is 2.12. The van der Waals surface area contributed by atoms with Crippen LogP contribution in [0.15, 0.2) is 53.3 Å². The first kappa shape index (κ1) is 16.0. The minimum Gasteiger partial charge on any atom is -0.266 e. The van der Waals surface area contributed by atoms with Crippen LogP contribution in [-0.4, -0.2) is 19.5 Å². The van der Waals surface area contributed by atoms with E-state index in [1.54, 1.807) is 30.3 Å². The predicted octanol–water partition coefficient (Wildman–Crippen LogP) is 2.41. The summed E-state index contributed by atoms with van der Waals surface area (Å²) in [5.41, 5.74) is 0.929. The van der Waals surface area contributed by atoms with E-state index in [1.807, 2.05) is 0 Å². The lowest BCUT2D eigenvalue weighted by Gasteiger charge is -1.93. The fraction of sp³-hybridized carbons (Fsp3) is 0. The summed E-state index contributed by atoms with van der Waals surface area (Å²) in [7, 11) is 0. The highest BCUT2D eigenvalue weighted by atomic mass is 32.1. The Labute approximate surface area is 148 Å². The van der Waals surface area contributed by atoms with E-state index < -0.39 is 4.92 Å². The maximum Gasteiger partial charge on any atom is 0.291 e. The lowest BCUT2D eigenvalue weighted by atomic mass is 10.2. The molecule has 0 amide bonds. The molecule has 4 aromatic rings. The van der Waals surface area contributed by atoms with Gasteiger partial charge in [-0.3, -0.25) is 14.9 Å². The molecule has 0 bridgehead atoms. The van der Waals surface area contributed by atoms with Gasteiger partial charge in [0.1, 0.15) is 5.82 Å². The van der Waals surface area contributed by atoms with Gasteiger partial charge in [-0.2, -0.15) is 9.50 Å². The van der Waals surface area contributed by atoms with Crippen LogP contribution in [0, 0.1) is 15.9 Å². The Morgan fingerprint density at radius 1 is 1.12 bits per heavy atom. The first-order valence-corrected chi connectivity index (χ1v) is 8.24. The third-order valence-corrected chi connectivity index (χ3v) is 4.65. The lowest BCUT2D eigenvalue weighted by molar-refractivity contribution is -0.384. The molecule has 9 heteroatoms. The zero-order valence-corrected chi connectivity index (χ0v) is 13.8. The van der Waals surface area contributed by atoms with Gasteiger partial charge >= 0.3 is 0 Å². The molecule has 2 aromatic carbocycles.